The lowest BCUT2D eigenvalue weighted by atomic mass is 10.0. The summed E-state index contributed by atoms with van der Waals surface area (Å²) in [5.41, 5.74) is 10.1. The summed E-state index contributed by atoms with van der Waals surface area (Å²) >= 11 is 0. The Morgan fingerprint density at radius 3 is 1.22 bits per heavy atom. The topological polar surface area (TPSA) is 75.9 Å². The molecule has 0 atom stereocenters. The Bertz CT molecular complexity index is 2850. The molecule has 6 aromatic carbocycles. The lowest BCUT2D eigenvalue weighted by Crippen LogP contribution is -2.00. The van der Waals surface area contributed by atoms with Gasteiger partial charge in [-0.2, -0.15) is 10.5 Å². The van der Waals surface area contributed by atoms with Gasteiger partial charge in [0.05, 0.1) is 36.5 Å². The van der Waals surface area contributed by atoms with Crippen molar-refractivity contribution in [2.24, 2.45) is 0 Å². The van der Waals surface area contributed by atoms with Gasteiger partial charge in [-0.05, 0) is 158 Å². The Hall–Kier alpha value is -7.02. The summed E-state index contributed by atoms with van der Waals surface area (Å²) in [6.45, 7) is 7.83. The fourth-order valence-electron chi connectivity index (χ4n) is 9.64. The number of allylic oxidation sites excluding steroid dienone is 2. The number of unbranched alkanes of at least 4 members (excludes halogenated alkanes) is 11. The number of hydrogen-bond acceptors (Lipinski definition) is 4. The van der Waals surface area contributed by atoms with Gasteiger partial charge in [-0.15, -0.1) is 0 Å². The maximum absolute atomic E-state index is 10.2. The molecule has 68 heavy (non-hydrogen) atoms. The van der Waals surface area contributed by atoms with Crippen molar-refractivity contribution in [3.05, 3.63) is 156 Å². The van der Waals surface area contributed by atoms with Crippen molar-refractivity contribution in [3.8, 4) is 23.6 Å². The maximum atomic E-state index is 10.2. The summed E-state index contributed by atoms with van der Waals surface area (Å²) in [6, 6.07) is 51.1. The van der Waals surface area contributed by atoms with Crippen molar-refractivity contribution in [2.45, 2.75) is 117 Å². The zero-order valence-electron chi connectivity index (χ0n) is 40.2. The average Bonchev–Trinajstić information content (AvgIpc) is 3.87. The number of aryl methyl sites for hydroxylation is 2. The molecule has 0 saturated carbocycles. The predicted molar refractivity (Wildman–Crippen MR) is 286 cm³/mol. The maximum Gasteiger partial charge on any atom is 0.119 e. The second-order valence-corrected chi connectivity index (χ2v) is 18.2. The molecule has 0 radical (unpaired) electrons. The van der Waals surface area contributed by atoms with Gasteiger partial charge < -0.3 is 18.6 Å². The zero-order chi connectivity index (χ0) is 46.9. The number of rotatable bonds is 25. The average molecular weight is 899 g/mol. The van der Waals surface area contributed by atoms with Crippen LogP contribution in [0.2, 0.25) is 0 Å². The van der Waals surface area contributed by atoms with Crippen LogP contribution >= 0.6 is 0 Å². The van der Waals surface area contributed by atoms with Gasteiger partial charge in [-0.1, -0.05) is 114 Å². The summed E-state index contributed by atoms with van der Waals surface area (Å²) in [7, 11) is 0. The first-order chi connectivity index (χ1) is 33.6. The summed E-state index contributed by atoms with van der Waals surface area (Å²) in [5, 5.41) is 25.3. The van der Waals surface area contributed by atoms with Gasteiger partial charge in [0.25, 0.3) is 0 Å². The molecule has 0 aliphatic heterocycles. The monoisotopic (exact) mass is 899 g/mol. The third-order valence-corrected chi connectivity index (χ3v) is 13.3. The first-order valence-corrected chi connectivity index (χ1v) is 25.3. The molecule has 0 amide bonds. The SMILES string of the molecule is CCCCCCCn1c2ccccc2c2cc(/C=C(\C#N)c3ccc(OCCCCCCOc4ccc(/C(C#N)=C\c5ccc6c(c5)c5ccccc5n6CCCCCCC)cc4)cc3)ccc21. The molecular formula is C62H66N4O2. The zero-order valence-corrected chi connectivity index (χ0v) is 40.2. The first kappa shape index (κ1) is 47.5. The van der Waals surface area contributed by atoms with E-state index in [2.05, 4.69) is 120 Å². The second kappa shape index (κ2) is 24.1. The number of aromatic nitrogens is 2. The van der Waals surface area contributed by atoms with E-state index in [4.69, 9.17) is 9.47 Å². The van der Waals surface area contributed by atoms with Gasteiger partial charge in [0.1, 0.15) is 11.5 Å². The lowest BCUT2D eigenvalue weighted by molar-refractivity contribution is 0.287. The molecule has 0 unspecified atom stereocenters. The highest BCUT2D eigenvalue weighted by molar-refractivity contribution is 6.10. The van der Waals surface area contributed by atoms with E-state index in [0.717, 1.165) is 72.5 Å². The number of nitriles is 2. The van der Waals surface area contributed by atoms with E-state index in [9.17, 15) is 10.5 Å². The van der Waals surface area contributed by atoms with Gasteiger partial charge in [0.15, 0.2) is 0 Å². The van der Waals surface area contributed by atoms with E-state index in [1.807, 2.05) is 60.7 Å². The summed E-state index contributed by atoms with van der Waals surface area (Å²) in [4.78, 5) is 0. The Morgan fingerprint density at radius 2 is 0.809 bits per heavy atom. The number of hydrogen-bond donors (Lipinski definition) is 0. The van der Waals surface area contributed by atoms with Gasteiger partial charge >= 0.3 is 0 Å². The van der Waals surface area contributed by atoms with Gasteiger partial charge in [-0.3, -0.25) is 0 Å². The molecule has 0 spiro atoms. The summed E-state index contributed by atoms with van der Waals surface area (Å²) in [5.74, 6) is 1.62. The van der Waals surface area contributed by atoms with Crippen molar-refractivity contribution in [3.63, 3.8) is 0 Å². The smallest absolute Gasteiger partial charge is 0.119 e. The van der Waals surface area contributed by atoms with Crippen LogP contribution in [0.15, 0.2) is 133 Å². The molecule has 0 fully saturated rings. The van der Waals surface area contributed by atoms with Crippen LogP contribution in [0.25, 0.3) is 66.9 Å². The molecule has 2 heterocycles. The van der Waals surface area contributed by atoms with Crippen molar-refractivity contribution >= 4 is 66.9 Å². The third kappa shape index (κ3) is 11.7. The number of para-hydroxylation sites is 2. The van der Waals surface area contributed by atoms with Crippen LogP contribution in [-0.4, -0.2) is 22.3 Å². The number of nitrogens with zero attached hydrogens (tertiary/aromatic N) is 4. The van der Waals surface area contributed by atoms with Gasteiger partial charge in [-0.25, -0.2) is 0 Å². The number of ether oxygens (including phenoxy) is 2. The summed E-state index contributed by atoms with van der Waals surface area (Å²) < 4.78 is 17.1. The highest BCUT2D eigenvalue weighted by atomic mass is 16.5. The minimum atomic E-state index is 0.630. The largest absolute Gasteiger partial charge is 0.494 e. The molecule has 346 valence electrons. The van der Waals surface area contributed by atoms with Crippen molar-refractivity contribution in [2.75, 3.05) is 13.2 Å². The molecule has 8 aromatic rings. The Labute approximate surface area is 403 Å². The highest BCUT2D eigenvalue weighted by Crippen LogP contribution is 2.34. The van der Waals surface area contributed by atoms with Crippen LogP contribution in [0.5, 0.6) is 11.5 Å². The van der Waals surface area contributed by atoms with E-state index in [1.165, 1.54) is 108 Å². The van der Waals surface area contributed by atoms with Crippen molar-refractivity contribution < 1.29 is 9.47 Å². The van der Waals surface area contributed by atoms with E-state index < -0.39 is 0 Å². The standard InChI is InChI=1S/C62H66N4O2/c1-3-5-7-9-17-37-65-59-23-15-13-21-55(59)57-43-47(25-35-61(57)65)41-51(45-63)49-27-31-53(32-28-49)67-39-19-11-12-20-40-68-54-33-29-50(30-34-54)52(46-64)42-48-26-36-62-58(44-48)56-22-14-16-24-60(56)66(62)38-18-10-8-6-4-2/h13-16,21-36,41-44H,3-12,17-20,37-40H2,1-2H3/b51-41-,52-42+. The molecule has 0 aliphatic rings. The first-order valence-electron chi connectivity index (χ1n) is 25.3. The Morgan fingerprint density at radius 1 is 0.426 bits per heavy atom. The van der Waals surface area contributed by atoms with Crippen molar-refractivity contribution in [1.29, 1.82) is 10.5 Å². The van der Waals surface area contributed by atoms with Gasteiger partial charge in [0, 0.05) is 56.7 Å². The van der Waals surface area contributed by atoms with E-state index >= 15 is 0 Å². The molecule has 0 aliphatic carbocycles. The Balaban J connectivity index is 0.777. The number of fused-ring (bicyclic) bond motifs is 6. The fraction of sp³-hybridized carbons (Fsp3) is 0.323. The van der Waals surface area contributed by atoms with E-state index in [0.29, 0.717) is 24.4 Å². The van der Waals surface area contributed by atoms with Crippen LogP contribution in [0.3, 0.4) is 0 Å². The molecule has 6 nitrogen and oxygen atoms in total. The molecule has 0 saturated heterocycles. The van der Waals surface area contributed by atoms with Crippen molar-refractivity contribution in [1.82, 2.24) is 9.13 Å². The van der Waals surface area contributed by atoms with Crippen LogP contribution in [0.4, 0.5) is 0 Å². The van der Waals surface area contributed by atoms with Crippen LogP contribution in [0.1, 0.15) is 126 Å². The van der Waals surface area contributed by atoms with Crippen LogP contribution < -0.4 is 9.47 Å². The van der Waals surface area contributed by atoms with Crippen LogP contribution in [-0.2, 0) is 13.1 Å². The van der Waals surface area contributed by atoms with Crippen LogP contribution in [0, 0.1) is 22.7 Å². The highest BCUT2D eigenvalue weighted by Gasteiger charge is 2.13. The minimum Gasteiger partial charge on any atom is -0.494 e. The fourth-order valence-corrected chi connectivity index (χ4v) is 9.64. The lowest BCUT2D eigenvalue weighted by Gasteiger charge is -2.09. The second-order valence-electron chi connectivity index (χ2n) is 18.2. The van der Waals surface area contributed by atoms with Gasteiger partial charge in [0.2, 0.25) is 0 Å². The van der Waals surface area contributed by atoms with E-state index in [1.54, 1.807) is 0 Å². The summed E-state index contributed by atoms with van der Waals surface area (Å²) in [6.07, 6.45) is 20.6. The Kier molecular flexibility index (Phi) is 16.8. The third-order valence-electron chi connectivity index (χ3n) is 13.3. The number of benzene rings is 6. The normalized spacial score (nSPS) is 12.0. The molecule has 8 rings (SSSR count). The molecule has 0 bridgehead atoms. The minimum absolute atomic E-state index is 0.630. The molecule has 0 N–H and O–H groups in total. The molecular weight excluding hydrogens is 833 g/mol. The predicted octanol–water partition coefficient (Wildman–Crippen LogP) is 17.0. The van der Waals surface area contributed by atoms with E-state index in [-0.39, 0.29) is 0 Å². The quantitative estimate of drug-likeness (QED) is 0.0325. The molecule has 6 heteroatoms. The molecule has 2 aromatic heterocycles.